The van der Waals surface area contributed by atoms with Crippen molar-refractivity contribution < 1.29 is 28.6 Å². The number of hydrogen-bond donors (Lipinski definition) is 1. The molecule has 2 heterocycles. The van der Waals surface area contributed by atoms with E-state index in [1.54, 1.807) is 44.4 Å². The Kier molecular flexibility index (Phi) is 6.31. The Balaban J connectivity index is 2.08. The van der Waals surface area contributed by atoms with E-state index in [0.29, 0.717) is 22.8 Å². The fourth-order valence-electron chi connectivity index (χ4n) is 3.57. The summed E-state index contributed by atoms with van der Waals surface area (Å²) in [7, 11) is 1.56. The van der Waals surface area contributed by atoms with E-state index in [4.69, 9.17) is 13.9 Å². The van der Waals surface area contributed by atoms with Crippen LogP contribution in [0, 0.1) is 13.8 Å². The highest BCUT2D eigenvalue weighted by atomic mass is 16.5. The van der Waals surface area contributed by atoms with Gasteiger partial charge in [0.15, 0.2) is 0 Å². The van der Waals surface area contributed by atoms with Gasteiger partial charge < -0.3 is 23.9 Å². The highest BCUT2D eigenvalue weighted by molar-refractivity contribution is 6.46. The van der Waals surface area contributed by atoms with Crippen molar-refractivity contribution in [1.29, 1.82) is 0 Å². The third-order valence-corrected chi connectivity index (χ3v) is 5.02. The standard InChI is InChI=1S/C23H27NO6/c1-13(2)29-11-10-24-20(18-8-6-15(4)30-18)19(22(26)23(24)27)21(25)16-7-9-17(28-5)14(3)12-16/h6-9,12-13,20,25H,10-11H2,1-5H3/b21-19-. The van der Waals surface area contributed by atoms with Crippen LogP contribution in [0.4, 0.5) is 0 Å². The first-order valence-corrected chi connectivity index (χ1v) is 9.86. The molecular formula is C23H27NO6. The number of ether oxygens (including phenoxy) is 2. The van der Waals surface area contributed by atoms with E-state index >= 15 is 0 Å². The lowest BCUT2D eigenvalue weighted by Gasteiger charge is -2.23. The van der Waals surface area contributed by atoms with Gasteiger partial charge in [0.2, 0.25) is 0 Å². The molecule has 7 heteroatoms. The molecule has 1 saturated heterocycles. The molecule has 7 nitrogen and oxygen atoms in total. The molecule has 1 aliphatic heterocycles. The van der Waals surface area contributed by atoms with Crippen molar-refractivity contribution in [3.05, 3.63) is 58.6 Å². The number of carbonyl (C=O) groups is 2. The lowest BCUT2D eigenvalue weighted by molar-refractivity contribution is -0.140. The van der Waals surface area contributed by atoms with E-state index in [0.717, 1.165) is 5.56 Å². The molecule has 0 radical (unpaired) electrons. The van der Waals surface area contributed by atoms with Gasteiger partial charge >= 0.3 is 0 Å². The number of likely N-dealkylation sites (tertiary alicyclic amines) is 1. The van der Waals surface area contributed by atoms with Crippen molar-refractivity contribution in [2.24, 2.45) is 0 Å². The molecule has 1 atom stereocenters. The first-order chi connectivity index (χ1) is 14.2. The number of aliphatic hydroxyl groups excluding tert-OH is 1. The molecule has 1 unspecified atom stereocenters. The molecule has 1 N–H and O–H groups in total. The molecule has 1 aromatic heterocycles. The molecular weight excluding hydrogens is 386 g/mol. The van der Waals surface area contributed by atoms with Crippen molar-refractivity contribution in [2.45, 2.75) is 39.8 Å². The number of Topliss-reactive ketones (excluding diaryl/α,β-unsaturated/α-hetero) is 1. The number of benzene rings is 1. The molecule has 0 aliphatic carbocycles. The van der Waals surface area contributed by atoms with Crippen LogP contribution >= 0.6 is 0 Å². The van der Waals surface area contributed by atoms with E-state index in [-0.39, 0.29) is 30.6 Å². The van der Waals surface area contributed by atoms with Crippen LogP contribution in [-0.4, -0.2) is 48.1 Å². The molecule has 0 bridgehead atoms. The van der Waals surface area contributed by atoms with Gasteiger partial charge in [-0.2, -0.15) is 0 Å². The van der Waals surface area contributed by atoms with Crippen molar-refractivity contribution in [2.75, 3.05) is 20.3 Å². The lowest BCUT2D eigenvalue weighted by Crippen LogP contribution is -2.33. The van der Waals surface area contributed by atoms with Gasteiger partial charge in [-0.15, -0.1) is 0 Å². The summed E-state index contributed by atoms with van der Waals surface area (Å²) in [6, 6.07) is 7.74. The van der Waals surface area contributed by atoms with Gasteiger partial charge in [0, 0.05) is 12.1 Å². The summed E-state index contributed by atoms with van der Waals surface area (Å²) < 4.78 is 16.6. The molecule has 3 rings (SSSR count). The van der Waals surface area contributed by atoms with Gasteiger partial charge in [0.1, 0.15) is 29.1 Å². The fraction of sp³-hybridized carbons (Fsp3) is 0.391. The zero-order valence-corrected chi connectivity index (χ0v) is 17.9. The Morgan fingerprint density at radius 2 is 1.93 bits per heavy atom. The lowest BCUT2D eigenvalue weighted by atomic mass is 9.98. The summed E-state index contributed by atoms with van der Waals surface area (Å²) in [6.45, 7) is 7.88. The van der Waals surface area contributed by atoms with Crippen molar-refractivity contribution in [3.63, 3.8) is 0 Å². The summed E-state index contributed by atoms with van der Waals surface area (Å²) in [5.41, 5.74) is 1.23. The maximum absolute atomic E-state index is 12.9. The number of carbonyl (C=O) groups excluding carboxylic acids is 2. The van der Waals surface area contributed by atoms with E-state index in [2.05, 4.69) is 0 Å². The van der Waals surface area contributed by atoms with Crippen LogP contribution in [-0.2, 0) is 14.3 Å². The second kappa shape index (κ2) is 8.75. The Morgan fingerprint density at radius 1 is 1.20 bits per heavy atom. The smallest absolute Gasteiger partial charge is 0.295 e. The van der Waals surface area contributed by atoms with Crippen LogP contribution in [0.5, 0.6) is 5.75 Å². The second-order valence-corrected chi connectivity index (χ2v) is 7.54. The number of hydrogen-bond acceptors (Lipinski definition) is 6. The zero-order chi connectivity index (χ0) is 22.0. The van der Waals surface area contributed by atoms with E-state index in [1.165, 1.54) is 4.90 Å². The fourth-order valence-corrected chi connectivity index (χ4v) is 3.57. The Morgan fingerprint density at radius 3 is 2.50 bits per heavy atom. The van der Waals surface area contributed by atoms with E-state index in [1.807, 2.05) is 20.8 Å². The Bertz CT molecular complexity index is 987. The number of aliphatic hydroxyl groups is 1. The van der Waals surface area contributed by atoms with E-state index in [9.17, 15) is 14.7 Å². The number of rotatable bonds is 7. The summed E-state index contributed by atoms with van der Waals surface area (Å²) in [5, 5.41) is 11.0. The van der Waals surface area contributed by atoms with Gasteiger partial charge in [0.05, 0.1) is 25.4 Å². The quantitative estimate of drug-likeness (QED) is 0.422. The summed E-state index contributed by atoms with van der Waals surface area (Å²) in [5.74, 6) is 0.0524. The SMILES string of the molecule is COc1ccc(/C(O)=C2/C(=O)C(=O)N(CCOC(C)C)C2c2ccc(C)o2)cc1C. The first kappa shape index (κ1) is 21.6. The normalized spacial score (nSPS) is 18.5. The van der Waals surface area contributed by atoms with Crippen molar-refractivity contribution >= 4 is 17.4 Å². The molecule has 1 amide bonds. The molecule has 0 spiro atoms. The monoisotopic (exact) mass is 413 g/mol. The number of furan rings is 1. The van der Waals surface area contributed by atoms with Gasteiger partial charge in [-0.05, 0) is 63.6 Å². The minimum Gasteiger partial charge on any atom is -0.507 e. The van der Waals surface area contributed by atoms with Crippen LogP contribution in [0.1, 0.15) is 42.5 Å². The predicted octanol–water partition coefficient (Wildman–Crippen LogP) is 3.75. The topological polar surface area (TPSA) is 89.2 Å². The minimum absolute atomic E-state index is 0.00321. The summed E-state index contributed by atoms with van der Waals surface area (Å²) in [6.07, 6.45) is -0.00611. The molecule has 2 aromatic rings. The largest absolute Gasteiger partial charge is 0.507 e. The maximum Gasteiger partial charge on any atom is 0.295 e. The maximum atomic E-state index is 12.9. The number of ketones is 1. The average molecular weight is 413 g/mol. The molecule has 160 valence electrons. The van der Waals surface area contributed by atoms with Crippen LogP contribution in [0.3, 0.4) is 0 Å². The highest BCUT2D eigenvalue weighted by Crippen LogP contribution is 2.40. The number of methoxy groups -OCH3 is 1. The highest BCUT2D eigenvalue weighted by Gasteiger charge is 2.47. The Hall–Kier alpha value is -3.06. The molecule has 1 fully saturated rings. The number of aryl methyl sites for hydroxylation is 2. The van der Waals surface area contributed by atoms with Crippen molar-refractivity contribution in [1.82, 2.24) is 4.90 Å². The molecule has 0 saturated carbocycles. The van der Waals surface area contributed by atoms with Crippen LogP contribution in [0.15, 0.2) is 40.3 Å². The molecule has 30 heavy (non-hydrogen) atoms. The van der Waals surface area contributed by atoms with E-state index < -0.39 is 17.7 Å². The van der Waals surface area contributed by atoms with Gasteiger partial charge in [-0.1, -0.05) is 0 Å². The average Bonchev–Trinajstić information content (AvgIpc) is 3.23. The summed E-state index contributed by atoms with van der Waals surface area (Å²) in [4.78, 5) is 27.1. The zero-order valence-electron chi connectivity index (χ0n) is 17.9. The second-order valence-electron chi connectivity index (χ2n) is 7.54. The first-order valence-electron chi connectivity index (χ1n) is 9.86. The van der Waals surface area contributed by atoms with Gasteiger partial charge in [-0.3, -0.25) is 9.59 Å². The van der Waals surface area contributed by atoms with Gasteiger partial charge in [-0.25, -0.2) is 0 Å². The minimum atomic E-state index is -0.822. The Labute approximate surface area is 175 Å². The van der Waals surface area contributed by atoms with Crippen molar-refractivity contribution in [3.8, 4) is 5.75 Å². The molecule has 1 aromatic carbocycles. The van der Waals surface area contributed by atoms with Gasteiger partial charge in [0.25, 0.3) is 11.7 Å². The number of nitrogens with zero attached hydrogens (tertiary/aromatic N) is 1. The van der Waals surface area contributed by atoms with Crippen LogP contribution < -0.4 is 4.74 Å². The third-order valence-electron chi connectivity index (χ3n) is 5.02. The third kappa shape index (κ3) is 4.11. The predicted molar refractivity (Wildman–Crippen MR) is 111 cm³/mol. The van der Waals surface area contributed by atoms with Crippen LogP contribution in [0.25, 0.3) is 5.76 Å². The summed E-state index contributed by atoms with van der Waals surface area (Å²) >= 11 is 0. The molecule has 1 aliphatic rings. The number of amides is 1. The van der Waals surface area contributed by atoms with Crippen LogP contribution in [0.2, 0.25) is 0 Å².